The highest BCUT2D eigenvalue weighted by atomic mass is 35.5. The van der Waals surface area contributed by atoms with Crippen molar-refractivity contribution in [3.63, 3.8) is 0 Å². The molecule has 0 saturated heterocycles. The van der Waals surface area contributed by atoms with E-state index in [1.807, 2.05) is 18.2 Å². The summed E-state index contributed by atoms with van der Waals surface area (Å²) in [5.41, 5.74) is 7.99. The SMILES string of the molecule is COC(=O)c1ccc(C(=O)C(Cl)SCCCCc2ccccc2)cc1N. The van der Waals surface area contributed by atoms with Gasteiger partial charge in [0.1, 0.15) is 4.71 Å². The molecule has 2 aromatic carbocycles. The average molecular weight is 392 g/mol. The molecule has 4 nitrogen and oxygen atoms in total. The zero-order valence-corrected chi connectivity index (χ0v) is 16.2. The van der Waals surface area contributed by atoms with Gasteiger partial charge < -0.3 is 10.5 Å². The first-order chi connectivity index (χ1) is 12.5. The molecule has 1 unspecified atom stereocenters. The van der Waals surface area contributed by atoms with Crippen LogP contribution in [0, 0.1) is 0 Å². The molecule has 0 amide bonds. The minimum atomic E-state index is -0.671. The number of hydrogen-bond donors (Lipinski definition) is 1. The van der Waals surface area contributed by atoms with Gasteiger partial charge in [0, 0.05) is 11.3 Å². The molecule has 0 heterocycles. The molecule has 0 saturated carbocycles. The standard InChI is InChI=1S/C20H22ClNO3S/c1-25-20(24)16-11-10-15(13-17(16)22)18(23)19(21)26-12-6-5-9-14-7-3-2-4-8-14/h2-4,7-8,10-11,13,19H,5-6,9,12,22H2,1H3. The summed E-state index contributed by atoms with van der Waals surface area (Å²) in [6.45, 7) is 0. The number of carbonyl (C=O) groups excluding carboxylic acids is 2. The minimum absolute atomic E-state index is 0.206. The van der Waals surface area contributed by atoms with Crippen molar-refractivity contribution in [3.8, 4) is 0 Å². The first-order valence-corrected chi connectivity index (χ1v) is 9.83. The van der Waals surface area contributed by atoms with E-state index in [0.29, 0.717) is 5.56 Å². The number of Topliss-reactive ketones (excluding diaryl/α,β-unsaturated/α-hetero) is 1. The Morgan fingerprint density at radius 3 is 2.54 bits per heavy atom. The molecule has 138 valence electrons. The molecule has 2 N–H and O–H groups in total. The van der Waals surface area contributed by atoms with Crippen LogP contribution in [0.3, 0.4) is 0 Å². The van der Waals surface area contributed by atoms with Crippen LogP contribution < -0.4 is 5.73 Å². The summed E-state index contributed by atoms with van der Waals surface area (Å²) >= 11 is 7.64. The summed E-state index contributed by atoms with van der Waals surface area (Å²) in [6, 6.07) is 14.8. The smallest absolute Gasteiger partial charge is 0.339 e. The molecule has 0 fully saturated rings. The highest BCUT2D eigenvalue weighted by Crippen LogP contribution is 2.24. The van der Waals surface area contributed by atoms with Crippen LogP contribution in [0.15, 0.2) is 48.5 Å². The number of esters is 1. The fourth-order valence-corrected chi connectivity index (χ4v) is 3.74. The van der Waals surface area contributed by atoms with E-state index in [-0.39, 0.29) is 17.0 Å². The molecule has 0 radical (unpaired) electrons. The Labute approximate surface area is 163 Å². The quantitative estimate of drug-likeness (QED) is 0.223. The van der Waals surface area contributed by atoms with Gasteiger partial charge in [0.15, 0.2) is 5.78 Å². The second-order valence-electron chi connectivity index (χ2n) is 5.79. The number of nitrogen functional groups attached to an aromatic ring is 1. The van der Waals surface area contributed by atoms with Crippen LogP contribution in [-0.4, -0.2) is 29.3 Å². The number of halogens is 1. The van der Waals surface area contributed by atoms with E-state index in [9.17, 15) is 9.59 Å². The topological polar surface area (TPSA) is 69.4 Å². The lowest BCUT2D eigenvalue weighted by atomic mass is 10.1. The van der Waals surface area contributed by atoms with E-state index in [0.717, 1.165) is 25.0 Å². The van der Waals surface area contributed by atoms with Crippen molar-refractivity contribution in [2.24, 2.45) is 0 Å². The lowest BCUT2D eigenvalue weighted by Crippen LogP contribution is -2.13. The van der Waals surface area contributed by atoms with Crippen molar-refractivity contribution in [1.82, 2.24) is 0 Å². The molecule has 2 rings (SSSR count). The van der Waals surface area contributed by atoms with Crippen molar-refractivity contribution >= 4 is 40.8 Å². The molecule has 1 atom stereocenters. The van der Waals surface area contributed by atoms with Crippen molar-refractivity contribution in [2.75, 3.05) is 18.6 Å². The Balaban J connectivity index is 1.80. The Bertz CT molecular complexity index is 752. The fraction of sp³-hybridized carbons (Fsp3) is 0.300. The van der Waals surface area contributed by atoms with Gasteiger partial charge in [0.2, 0.25) is 0 Å². The van der Waals surface area contributed by atoms with Gasteiger partial charge >= 0.3 is 5.97 Å². The monoisotopic (exact) mass is 391 g/mol. The number of nitrogens with two attached hydrogens (primary N) is 1. The van der Waals surface area contributed by atoms with Crippen molar-refractivity contribution in [1.29, 1.82) is 0 Å². The first-order valence-electron chi connectivity index (χ1n) is 8.34. The highest BCUT2D eigenvalue weighted by molar-refractivity contribution is 8.01. The zero-order chi connectivity index (χ0) is 18.9. The third kappa shape index (κ3) is 5.78. The maximum atomic E-state index is 12.4. The van der Waals surface area contributed by atoms with Gasteiger partial charge in [-0.3, -0.25) is 4.79 Å². The second-order valence-corrected chi connectivity index (χ2v) is 7.70. The highest BCUT2D eigenvalue weighted by Gasteiger charge is 2.19. The Morgan fingerprint density at radius 1 is 1.15 bits per heavy atom. The predicted octanol–water partition coefficient (Wildman–Crippen LogP) is 4.56. The number of unbranched alkanes of at least 4 members (excludes halogenated alkanes) is 1. The molecule has 0 bridgehead atoms. The molecule has 6 heteroatoms. The Kier molecular flexibility index (Phi) is 8.01. The number of aryl methyl sites for hydroxylation is 1. The molecule has 2 aromatic rings. The first kappa shape index (κ1) is 20.3. The van der Waals surface area contributed by atoms with Crippen molar-refractivity contribution in [2.45, 2.75) is 24.0 Å². The summed E-state index contributed by atoms with van der Waals surface area (Å²) in [5, 5.41) is 0. The predicted molar refractivity (Wildman–Crippen MR) is 108 cm³/mol. The van der Waals surface area contributed by atoms with Gasteiger partial charge in [-0.1, -0.05) is 36.4 Å². The normalized spacial score (nSPS) is 11.8. The summed E-state index contributed by atoms with van der Waals surface area (Å²) in [7, 11) is 1.28. The van der Waals surface area contributed by atoms with Gasteiger partial charge in [0.25, 0.3) is 0 Å². The molecule has 0 aromatic heterocycles. The van der Waals surface area contributed by atoms with Gasteiger partial charge in [0.05, 0.1) is 12.7 Å². The molecule has 0 aliphatic carbocycles. The number of carbonyl (C=O) groups is 2. The van der Waals surface area contributed by atoms with E-state index in [1.54, 1.807) is 6.07 Å². The summed E-state index contributed by atoms with van der Waals surface area (Å²) < 4.78 is 3.97. The number of rotatable bonds is 9. The molecule has 0 spiro atoms. The van der Waals surface area contributed by atoms with E-state index >= 15 is 0 Å². The number of ketones is 1. The average Bonchev–Trinajstić information content (AvgIpc) is 2.67. The van der Waals surface area contributed by atoms with Crippen LogP contribution in [0.4, 0.5) is 5.69 Å². The number of anilines is 1. The molecule has 0 aliphatic rings. The minimum Gasteiger partial charge on any atom is -0.465 e. The van der Waals surface area contributed by atoms with Crippen LogP contribution in [0.2, 0.25) is 0 Å². The maximum Gasteiger partial charge on any atom is 0.339 e. The van der Waals surface area contributed by atoms with Crippen LogP contribution in [0.1, 0.15) is 39.1 Å². The lowest BCUT2D eigenvalue weighted by Gasteiger charge is -2.10. The summed E-state index contributed by atoms with van der Waals surface area (Å²) in [4.78, 5) is 23.9. The lowest BCUT2D eigenvalue weighted by molar-refractivity contribution is 0.0601. The van der Waals surface area contributed by atoms with Crippen LogP contribution in [0.25, 0.3) is 0 Å². The van der Waals surface area contributed by atoms with Gasteiger partial charge in [-0.05, 0) is 42.7 Å². The largest absolute Gasteiger partial charge is 0.465 e. The van der Waals surface area contributed by atoms with Gasteiger partial charge in [-0.25, -0.2) is 4.79 Å². The van der Waals surface area contributed by atoms with Gasteiger partial charge in [-0.15, -0.1) is 23.4 Å². The molecular formula is C20H22ClNO3S. The number of benzene rings is 2. The maximum absolute atomic E-state index is 12.4. The van der Waals surface area contributed by atoms with Crippen molar-refractivity contribution in [3.05, 3.63) is 65.2 Å². The number of ether oxygens (including phenoxy) is 1. The molecule has 0 aliphatic heterocycles. The summed E-state index contributed by atoms with van der Waals surface area (Å²) in [6.07, 6.45) is 3.06. The number of alkyl halides is 1. The molecular weight excluding hydrogens is 370 g/mol. The van der Waals surface area contributed by atoms with E-state index < -0.39 is 10.7 Å². The fourth-order valence-electron chi connectivity index (χ4n) is 2.48. The van der Waals surface area contributed by atoms with Crippen LogP contribution >= 0.6 is 23.4 Å². The third-order valence-corrected chi connectivity index (χ3v) is 5.52. The third-order valence-electron chi connectivity index (χ3n) is 3.91. The number of thioether (sulfide) groups is 1. The van der Waals surface area contributed by atoms with Crippen molar-refractivity contribution < 1.29 is 14.3 Å². The number of methoxy groups -OCH3 is 1. The van der Waals surface area contributed by atoms with Gasteiger partial charge in [-0.2, -0.15) is 0 Å². The molecule has 26 heavy (non-hydrogen) atoms. The second kappa shape index (κ2) is 10.2. The number of hydrogen-bond acceptors (Lipinski definition) is 5. The zero-order valence-electron chi connectivity index (χ0n) is 14.6. The Hall–Kier alpha value is -1.98. The van der Waals surface area contributed by atoms with E-state index in [4.69, 9.17) is 17.3 Å². The van der Waals surface area contributed by atoms with Crippen LogP contribution in [0.5, 0.6) is 0 Å². The summed E-state index contributed by atoms with van der Waals surface area (Å²) in [5.74, 6) is 0.0715. The van der Waals surface area contributed by atoms with E-state index in [2.05, 4.69) is 16.9 Å². The van der Waals surface area contributed by atoms with E-state index in [1.165, 1.54) is 36.6 Å². The Morgan fingerprint density at radius 2 is 1.88 bits per heavy atom. The van der Waals surface area contributed by atoms with Crippen LogP contribution in [-0.2, 0) is 11.2 Å².